The highest BCUT2D eigenvalue weighted by Crippen LogP contribution is 2.33. The molecule has 0 fully saturated rings. The molecule has 0 radical (unpaired) electrons. The Morgan fingerprint density at radius 1 is 1.42 bits per heavy atom. The van der Waals surface area contributed by atoms with Crippen molar-refractivity contribution in [2.24, 2.45) is 0 Å². The maximum Gasteiger partial charge on any atom is 0.143 e. The van der Waals surface area contributed by atoms with Gasteiger partial charge in [0, 0.05) is 5.56 Å². The Hall–Kier alpha value is -2.04. The molecule has 0 spiro atoms. The van der Waals surface area contributed by atoms with Gasteiger partial charge in [0.1, 0.15) is 17.7 Å². The van der Waals surface area contributed by atoms with E-state index in [1.165, 1.54) is 6.07 Å². The van der Waals surface area contributed by atoms with Gasteiger partial charge in [-0.15, -0.1) is 0 Å². The Balaban J connectivity index is 1.89. The van der Waals surface area contributed by atoms with Gasteiger partial charge in [-0.05, 0) is 49.2 Å². The number of aliphatic hydroxyl groups excluding tert-OH is 1. The molecule has 3 nitrogen and oxygen atoms in total. The van der Waals surface area contributed by atoms with E-state index in [0.29, 0.717) is 22.9 Å². The summed E-state index contributed by atoms with van der Waals surface area (Å²) in [5, 5.41) is 13.3. The second-order valence-electron chi connectivity index (χ2n) is 5.96. The first-order valence-corrected chi connectivity index (χ1v) is 8.19. The summed E-state index contributed by atoms with van der Waals surface area (Å²) in [7, 11) is 0. The van der Waals surface area contributed by atoms with Crippen molar-refractivity contribution in [2.45, 2.75) is 26.1 Å². The topological polar surface area (TPSA) is 41.5 Å². The van der Waals surface area contributed by atoms with Crippen LogP contribution in [0.15, 0.2) is 36.4 Å². The highest BCUT2D eigenvalue weighted by atomic mass is 35.5. The van der Waals surface area contributed by atoms with Crippen molar-refractivity contribution in [3.63, 3.8) is 0 Å². The molecular formula is C19H19ClFNO2. The third-order valence-electron chi connectivity index (χ3n) is 4.05. The number of anilines is 1. The highest BCUT2D eigenvalue weighted by molar-refractivity contribution is 6.32. The summed E-state index contributed by atoms with van der Waals surface area (Å²) in [6, 6.07) is 10.3. The van der Waals surface area contributed by atoms with Crippen molar-refractivity contribution in [2.75, 3.05) is 11.9 Å². The molecule has 1 aliphatic heterocycles. The van der Waals surface area contributed by atoms with Crippen molar-refractivity contribution in [1.82, 2.24) is 0 Å². The summed E-state index contributed by atoms with van der Waals surface area (Å²) < 4.78 is 19.8. The summed E-state index contributed by atoms with van der Waals surface area (Å²) in [5.74, 6) is 0.362. The van der Waals surface area contributed by atoms with Crippen LogP contribution in [-0.4, -0.2) is 23.9 Å². The third kappa shape index (κ3) is 3.40. The number of allylic oxidation sites excluding steroid dienone is 1. The zero-order valence-corrected chi connectivity index (χ0v) is 14.3. The van der Waals surface area contributed by atoms with E-state index in [9.17, 15) is 9.50 Å². The largest absolute Gasteiger partial charge is 0.484 e. The number of hydrogen-bond donors (Lipinski definition) is 2. The molecule has 1 unspecified atom stereocenters. The summed E-state index contributed by atoms with van der Waals surface area (Å²) in [5.41, 5.74) is 2.93. The summed E-state index contributed by atoms with van der Waals surface area (Å²) in [4.78, 5) is 0. The van der Waals surface area contributed by atoms with E-state index in [0.717, 1.165) is 16.8 Å². The molecule has 0 saturated heterocycles. The zero-order chi connectivity index (χ0) is 17.3. The molecule has 0 saturated carbocycles. The minimum Gasteiger partial charge on any atom is -0.484 e. The maximum absolute atomic E-state index is 14.0. The van der Waals surface area contributed by atoms with Gasteiger partial charge >= 0.3 is 0 Å². The minimum atomic E-state index is -0.546. The fourth-order valence-electron chi connectivity index (χ4n) is 2.76. The Morgan fingerprint density at radius 2 is 2.21 bits per heavy atom. The van der Waals surface area contributed by atoms with Crippen molar-refractivity contribution >= 4 is 28.9 Å². The van der Waals surface area contributed by atoms with Crippen molar-refractivity contribution in [3.8, 4) is 5.75 Å². The Labute approximate surface area is 145 Å². The molecule has 2 aromatic carbocycles. The average Bonchev–Trinajstić information content (AvgIpc) is 2.54. The fraction of sp³-hybridized carbons (Fsp3) is 0.263. The number of benzene rings is 2. The second kappa shape index (κ2) is 6.83. The highest BCUT2D eigenvalue weighted by Gasteiger charge is 2.23. The molecule has 0 bridgehead atoms. The normalized spacial score (nSPS) is 18.4. The molecule has 5 heteroatoms. The van der Waals surface area contributed by atoms with Crippen LogP contribution < -0.4 is 10.1 Å². The van der Waals surface area contributed by atoms with Gasteiger partial charge in [-0.1, -0.05) is 29.8 Å². The summed E-state index contributed by atoms with van der Waals surface area (Å²) in [6.45, 7) is 4.07. The number of aliphatic hydroxyl groups is 1. The number of halogens is 2. The van der Waals surface area contributed by atoms with Crippen LogP contribution in [0.3, 0.4) is 0 Å². The van der Waals surface area contributed by atoms with Gasteiger partial charge in [0.25, 0.3) is 0 Å². The molecule has 0 aliphatic carbocycles. The number of fused-ring (bicyclic) bond motifs is 1. The fourth-order valence-corrected chi connectivity index (χ4v) is 3.07. The SMILES string of the molecule is C/C(=C\c1ccc2c(c1)NCC([C@H](C)O)O2)c1c(F)cccc1Cl. The van der Waals surface area contributed by atoms with E-state index in [2.05, 4.69) is 5.32 Å². The molecule has 24 heavy (non-hydrogen) atoms. The van der Waals surface area contributed by atoms with E-state index in [4.69, 9.17) is 16.3 Å². The van der Waals surface area contributed by atoms with E-state index < -0.39 is 6.10 Å². The average molecular weight is 348 g/mol. The number of nitrogens with one attached hydrogen (secondary N) is 1. The van der Waals surface area contributed by atoms with Crippen LogP contribution in [0.1, 0.15) is 25.0 Å². The van der Waals surface area contributed by atoms with Crippen LogP contribution in [-0.2, 0) is 0 Å². The first-order chi connectivity index (χ1) is 11.5. The summed E-state index contributed by atoms with van der Waals surface area (Å²) in [6.07, 6.45) is 1.07. The second-order valence-corrected chi connectivity index (χ2v) is 6.36. The van der Waals surface area contributed by atoms with Crippen LogP contribution in [0.2, 0.25) is 5.02 Å². The Bertz CT molecular complexity index is 769. The first-order valence-electron chi connectivity index (χ1n) is 7.81. The lowest BCUT2D eigenvalue weighted by molar-refractivity contribution is 0.0530. The number of rotatable bonds is 3. The van der Waals surface area contributed by atoms with Gasteiger partial charge in [-0.25, -0.2) is 4.39 Å². The van der Waals surface area contributed by atoms with Crippen molar-refractivity contribution in [3.05, 3.63) is 58.4 Å². The van der Waals surface area contributed by atoms with E-state index in [1.807, 2.05) is 31.2 Å². The minimum absolute atomic E-state index is 0.266. The zero-order valence-electron chi connectivity index (χ0n) is 13.5. The molecule has 1 heterocycles. The van der Waals surface area contributed by atoms with Crippen LogP contribution in [0.4, 0.5) is 10.1 Å². The van der Waals surface area contributed by atoms with Crippen LogP contribution >= 0.6 is 11.6 Å². The molecule has 2 aromatic rings. The number of hydrogen-bond acceptors (Lipinski definition) is 3. The molecule has 0 aromatic heterocycles. The van der Waals surface area contributed by atoms with E-state index >= 15 is 0 Å². The summed E-state index contributed by atoms with van der Waals surface area (Å²) >= 11 is 6.11. The molecule has 2 atom stereocenters. The van der Waals surface area contributed by atoms with Gasteiger partial charge in [0.2, 0.25) is 0 Å². The van der Waals surface area contributed by atoms with Crippen molar-refractivity contribution in [1.29, 1.82) is 0 Å². The Morgan fingerprint density at radius 3 is 2.92 bits per heavy atom. The third-order valence-corrected chi connectivity index (χ3v) is 4.37. The molecular weight excluding hydrogens is 329 g/mol. The van der Waals surface area contributed by atoms with Gasteiger partial charge in [-0.2, -0.15) is 0 Å². The van der Waals surface area contributed by atoms with Gasteiger partial charge in [-0.3, -0.25) is 0 Å². The maximum atomic E-state index is 14.0. The smallest absolute Gasteiger partial charge is 0.143 e. The Kier molecular flexibility index (Phi) is 4.78. The molecule has 126 valence electrons. The predicted molar refractivity (Wildman–Crippen MR) is 96.0 cm³/mol. The molecule has 0 amide bonds. The van der Waals surface area contributed by atoms with E-state index in [1.54, 1.807) is 19.1 Å². The lowest BCUT2D eigenvalue weighted by atomic mass is 10.0. The van der Waals surface area contributed by atoms with Crippen LogP contribution in [0.25, 0.3) is 11.6 Å². The predicted octanol–water partition coefficient (Wildman–Crippen LogP) is 4.59. The van der Waals surface area contributed by atoms with Crippen molar-refractivity contribution < 1.29 is 14.2 Å². The van der Waals surface area contributed by atoms with Gasteiger partial charge in [0.15, 0.2) is 0 Å². The van der Waals surface area contributed by atoms with Gasteiger partial charge < -0.3 is 15.2 Å². The van der Waals surface area contributed by atoms with E-state index in [-0.39, 0.29) is 11.9 Å². The van der Waals surface area contributed by atoms with Gasteiger partial charge in [0.05, 0.1) is 23.4 Å². The monoisotopic (exact) mass is 347 g/mol. The molecule has 3 rings (SSSR count). The van der Waals surface area contributed by atoms with Crippen LogP contribution in [0.5, 0.6) is 5.75 Å². The molecule has 2 N–H and O–H groups in total. The standard InChI is InChI=1S/C19H19ClFNO2/c1-11(19-14(20)4-3-5-15(19)21)8-13-6-7-17-16(9-13)22-10-18(24-17)12(2)23/h3-9,12,18,22-23H,10H2,1-2H3/b11-8+/t12-,18?/m0/s1. The molecule has 1 aliphatic rings. The quantitative estimate of drug-likeness (QED) is 0.798. The lowest BCUT2D eigenvalue weighted by Crippen LogP contribution is -2.39. The number of ether oxygens (including phenoxy) is 1. The lowest BCUT2D eigenvalue weighted by Gasteiger charge is -2.29. The van der Waals surface area contributed by atoms with Crippen LogP contribution in [0, 0.1) is 5.82 Å². The first kappa shape index (κ1) is 16.8.